The molecular weight excluding hydrogens is 284 g/mol. The first-order chi connectivity index (χ1) is 11.2. The number of unbranched alkanes of at least 4 members (excludes halogenated alkanes) is 4. The van der Waals surface area contributed by atoms with Gasteiger partial charge in [0.25, 0.3) is 0 Å². The highest BCUT2D eigenvalue weighted by atomic mass is 16.4. The molecule has 0 radical (unpaired) electrons. The molecular formula is C21H36O2. The van der Waals surface area contributed by atoms with Crippen molar-refractivity contribution < 1.29 is 9.90 Å². The van der Waals surface area contributed by atoms with Crippen LogP contribution in [0.15, 0.2) is 0 Å². The van der Waals surface area contributed by atoms with Crippen LogP contribution in [0.5, 0.6) is 0 Å². The van der Waals surface area contributed by atoms with Gasteiger partial charge in [-0.15, -0.1) is 0 Å². The van der Waals surface area contributed by atoms with E-state index in [1.807, 2.05) is 0 Å². The van der Waals surface area contributed by atoms with E-state index in [-0.39, 0.29) is 0 Å². The topological polar surface area (TPSA) is 37.3 Å². The van der Waals surface area contributed by atoms with Gasteiger partial charge < -0.3 is 5.11 Å². The first-order valence-corrected chi connectivity index (χ1v) is 10.4. The van der Waals surface area contributed by atoms with Gasteiger partial charge in [-0.1, -0.05) is 45.4 Å². The van der Waals surface area contributed by atoms with Gasteiger partial charge in [0.2, 0.25) is 0 Å². The lowest BCUT2D eigenvalue weighted by molar-refractivity contribution is -0.137. The van der Waals surface area contributed by atoms with Crippen molar-refractivity contribution in [2.24, 2.45) is 35.5 Å². The molecule has 132 valence electrons. The molecule has 3 rings (SSSR count). The van der Waals surface area contributed by atoms with Gasteiger partial charge in [-0.3, -0.25) is 4.79 Å². The van der Waals surface area contributed by atoms with Crippen LogP contribution >= 0.6 is 0 Å². The minimum Gasteiger partial charge on any atom is -0.481 e. The molecule has 3 fully saturated rings. The number of carboxylic acid groups (broad SMARTS) is 1. The van der Waals surface area contributed by atoms with Crippen LogP contribution in [-0.4, -0.2) is 11.1 Å². The molecule has 3 aliphatic carbocycles. The standard InChI is InChI=1S/C21H36O2/c1-2-15-10-17(15)12-19-14-20(19)13-18-11-16(18)8-6-4-3-5-7-9-21(22)23/h15-20H,2-14H2,1H3,(H,22,23)/t15-,16-,17?,18?,19?,20+/m1/s1. The van der Waals surface area contributed by atoms with E-state index in [1.165, 1.54) is 44.9 Å². The predicted molar refractivity (Wildman–Crippen MR) is 94.3 cm³/mol. The second-order valence-electron chi connectivity index (χ2n) is 8.85. The molecule has 0 amide bonds. The number of carbonyl (C=O) groups is 1. The Bertz CT molecular complexity index is 391. The summed E-state index contributed by atoms with van der Waals surface area (Å²) in [6.45, 7) is 2.36. The summed E-state index contributed by atoms with van der Waals surface area (Å²) in [5.41, 5.74) is 0. The van der Waals surface area contributed by atoms with Crippen LogP contribution in [0.25, 0.3) is 0 Å². The van der Waals surface area contributed by atoms with Gasteiger partial charge in [-0.05, 0) is 74.0 Å². The van der Waals surface area contributed by atoms with Gasteiger partial charge in [0.05, 0.1) is 0 Å². The maximum Gasteiger partial charge on any atom is 0.303 e. The van der Waals surface area contributed by atoms with Crippen molar-refractivity contribution in [3.05, 3.63) is 0 Å². The average molecular weight is 321 g/mol. The molecule has 0 aromatic rings. The molecule has 3 saturated carbocycles. The SMILES string of the molecule is CC[C@@H]1CC1CC1C[C@@H]1CC1C[C@H]1CCCCCCCC(=O)O. The van der Waals surface area contributed by atoms with Crippen LogP contribution in [0.4, 0.5) is 0 Å². The summed E-state index contributed by atoms with van der Waals surface area (Å²) in [4.78, 5) is 10.4. The molecule has 3 unspecified atom stereocenters. The lowest BCUT2D eigenvalue weighted by atomic mass is 10.0. The van der Waals surface area contributed by atoms with Gasteiger partial charge in [0, 0.05) is 6.42 Å². The summed E-state index contributed by atoms with van der Waals surface area (Å²) >= 11 is 0. The van der Waals surface area contributed by atoms with E-state index < -0.39 is 5.97 Å². The Morgan fingerprint density at radius 3 is 1.96 bits per heavy atom. The Balaban J connectivity index is 1.13. The third-order valence-corrected chi connectivity index (χ3v) is 6.91. The largest absolute Gasteiger partial charge is 0.481 e. The van der Waals surface area contributed by atoms with Crippen LogP contribution in [0, 0.1) is 35.5 Å². The minimum atomic E-state index is -0.642. The van der Waals surface area contributed by atoms with Crippen molar-refractivity contribution in [2.75, 3.05) is 0 Å². The first kappa shape index (κ1) is 17.3. The fourth-order valence-electron chi connectivity index (χ4n) is 4.93. The average Bonchev–Trinajstić information content (AvgIpc) is 3.40. The zero-order valence-electron chi connectivity index (χ0n) is 15.0. The van der Waals surface area contributed by atoms with Crippen molar-refractivity contribution in [1.29, 1.82) is 0 Å². The van der Waals surface area contributed by atoms with Crippen molar-refractivity contribution in [3.63, 3.8) is 0 Å². The van der Waals surface area contributed by atoms with E-state index in [0.717, 1.165) is 48.3 Å². The van der Waals surface area contributed by atoms with E-state index in [0.29, 0.717) is 6.42 Å². The second-order valence-corrected chi connectivity index (χ2v) is 8.85. The Labute approximate surface area is 142 Å². The van der Waals surface area contributed by atoms with Gasteiger partial charge in [0.15, 0.2) is 0 Å². The van der Waals surface area contributed by atoms with E-state index in [2.05, 4.69) is 6.92 Å². The molecule has 1 N–H and O–H groups in total. The summed E-state index contributed by atoms with van der Waals surface area (Å²) in [5, 5.41) is 8.60. The highest BCUT2D eigenvalue weighted by molar-refractivity contribution is 5.66. The molecule has 0 spiro atoms. The molecule has 0 saturated heterocycles. The smallest absolute Gasteiger partial charge is 0.303 e. The summed E-state index contributed by atoms with van der Waals surface area (Å²) in [6.07, 6.45) is 16.8. The summed E-state index contributed by atoms with van der Waals surface area (Å²) in [6, 6.07) is 0. The molecule has 0 bridgehead atoms. The Morgan fingerprint density at radius 1 is 0.783 bits per heavy atom. The maximum absolute atomic E-state index is 10.4. The summed E-state index contributed by atoms with van der Waals surface area (Å²) in [7, 11) is 0. The molecule has 0 aromatic heterocycles. The van der Waals surface area contributed by atoms with Gasteiger partial charge in [0.1, 0.15) is 0 Å². The molecule has 2 heteroatoms. The van der Waals surface area contributed by atoms with E-state index >= 15 is 0 Å². The van der Waals surface area contributed by atoms with Crippen LogP contribution in [0.3, 0.4) is 0 Å². The Kier molecular flexibility index (Phi) is 6.04. The number of carboxylic acids is 1. The van der Waals surface area contributed by atoms with E-state index in [4.69, 9.17) is 5.11 Å². The van der Waals surface area contributed by atoms with Gasteiger partial charge in [-0.2, -0.15) is 0 Å². The van der Waals surface area contributed by atoms with Gasteiger partial charge >= 0.3 is 5.97 Å². The quantitative estimate of drug-likeness (QED) is 0.429. The van der Waals surface area contributed by atoms with Gasteiger partial charge in [-0.25, -0.2) is 0 Å². The van der Waals surface area contributed by atoms with Crippen LogP contribution in [0.1, 0.15) is 90.4 Å². The minimum absolute atomic E-state index is 0.354. The fraction of sp³-hybridized carbons (Fsp3) is 0.952. The van der Waals surface area contributed by atoms with Crippen LogP contribution < -0.4 is 0 Å². The van der Waals surface area contributed by atoms with Crippen molar-refractivity contribution in [3.8, 4) is 0 Å². The second kappa shape index (κ2) is 8.03. The monoisotopic (exact) mass is 320 g/mol. The zero-order chi connectivity index (χ0) is 16.2. The highest BCUT2D eigenvalue weighted by Gasteiger charge is 2.48. The molecule has 3 aliphatic rings. The molecule has 0 heterocycles. The number of aliphatic carboxylic acids is 1. The molecule has 6 atom stereocenters. The van der Waals surface area contributed by atoms with Crippen LogP contribution in [-0.2, 0) is 4.79 Å². The number of hydrogen-bond donors (Lipinski definition) is 1. The fourth-order valence-corrected chi connectivity index (χ4v) is 4.93. The Morgan fingerprint density at radius 2 is 1.30 bits per heavy atom. The normalized spacial score (nSPS) is 37.6. The number of rotatable bonds is 13. The first-order valence-electron chi connectivity index (χ1n) is 10.4. The van der Waals surface area contributed by atoms with E-state index in [9.17, 15) is 4.79 Å². The highest BCUT2D eigenvalue weighted by Crippen LogP contribution is 2.58. The summed E-state index contributed by atoms with van der Waals surface area (Å²) in [5.74, 6) is 5.94. The van der Waals surface area contributed by atoms with Crippen molar-refractivity contribution in [1.82, 2.24) is 0 Å². The third kappa shape index (κ3) is 5.80. The predicted octanol–water partition coefficient (Wildman–Crippen LogP) is 5.90. The lowest BCUT2D eigenvalue weighted by Crippen LogP contribution is -1.93. The molecule has 0 aromatic carbocycles. The van der Waals surface area contributed by atoms with Crippen molar-refractivity contribution >= 4 is 5.97 Å². The number of hydrogen-bond acceptors (Lipinski definition) is 1. The van der Waals surface area contributed by atoms with Crippen molar-refractivity contribution in [2.45, 2.75) is 90.4 Å². The van der Waals surface area contributed by atoms with Crippen LogP contribution in [0.2, 0.25) is 0 Å². The molecule has 2 nitrogen and oxygen atoms in total. The zero-order valence-corrected chi connectivity index (χ0v) is 15.0. The lowest BCUT2D eigenvalue weighted by Gasteiger charge is -2.02. The Hall–Kier alpha value is -0.530. The molecule has 0 aliphatic heterocycles. The maximum atomic E-state index is 10.4. The summed E-state index contributed by atoms with van der Waals surface area (Å²) < 4.78 is 0. The molecule has 23 heavy (non-hydrogen) atoms. The van der Waals surface area contributed by atoms with E-state index in [1.54, 1.807) is 19.3 Å². The third-order valence-electron chi connectivity index (χ3n) is 6.91.